The van der Waals surface area contributed by atoms with Crippen molar-refractivity contribution in [1.29, 1.82) is 0 Å². The Hall–Kier alpha value is -0.610. The van der Waals surface area contributed by atoms with Crippen molar-refractivity contribution in [3.8, 4) is 0 Å². The molecule has 1 atom stereocenters. The Morgan fingerprint density at radius 3 is 3.07 bits per heavy atom. The van der Waals surface area contributed by atoms with Gasteiger partial charge in [-0.2, -0.15) is 0 Å². The van der Waals surface area contributed by atoms with E-state index in [2.05, 4.69) is 24.2 Å². The summed E-state index contributed by atoms with van der Waals surface area (Å²) in [4.78, 5) is 13.5. The first-order valence-electron chi connectivity index (χ1n) is 5.32. The predicted molar refractivity (Wildman–Crippen MR) is 55.2 cm³/mol. The molecule has 0 saturated carbocycles. The van der Waals surface area contributed by atoms with Gasteiger partial charge in [-0.1, -0.05) is 6.92 Å². The number of nitrogens with one attached hydrogen (secondary N) is 1. The Morgan fingerprint density at radius 1 is 1.64 bits per heavy atom. The second-order valence-corrected chi connectivity index (χ2v) is 3.71. The van der Waals surface area contributed by atoms with Crippen molar-refractivity contribution in [2.45, 2.75) is 25.8 Å². The van der Waals surface area contributed by atoms with Gasteiger partial charge in [0, 0.05) is 13.1 Å². The van der Waals surface area contributed by atoms with Gasteiger partial charge >= 0.3 is 5.97 Å². The Labute approximate surface area is 85.6 Å². The zero-order chi connectivity index (χ0) is 10.4. The number of cyclic esters (lactones) is 1. The summed E-state index contributed by atoms with van der Waals surface area (Å²) < 4.78 is 4.96. The van der Waals surface area contributed by atoms with E-state index in [1.54, 1.807) is 0 Å². The molecule has 1 rings (SSSR count). The fraction of sp³-hybridized carbons (Fsp3) is 0.900. The normalized spacial score (nSPS) is 22.5. The lowest BCUT2D eigenvalue weighted by molar-refractivity contribution is -0.149. The first-order chi connectivity index (χ1) is 6.74. The number of rotatable bonds is 5. The maximum atomic E-state index is 11.2. The van der Waals surface area contributed by atoms with E-state index in [9.17, 15) is 4.79 Å². The maximum absolute atomic E-state index is 11.2. The monoisotopic (exact) mass is 200 g/mol. The van der Waals surface area contributed by atoms with E-state index in [1.165, 1.54) is 0 Å². The van der Waals surface area contributed by atoms with Gasteiger partial charge in [0.05, 0.1) is 6.61 Å². The van der Waals surface area contributed by atoms with Gasteiger partial charge in [-0.15, -0.1) is 0 Å². The van der Waals surface area contributed by atoms with E-state index in [4.69, 9.17) is 4.74 Å². The van der Waals surface area contributed by atoms with Crippen molar-refractivity contribution in [3.63, 3.8) is 0 Å². The number of hydrogen-bond donors (Lipinski definition) is 1. The van der Waals surface area contributed by atoms with Crippen LogP contribution in [-0.4, -0.2) is 50.2 Å². The molecule has 1 N–H and O–H groups in total. The van der Waals surface area contributed by atoms with Crippen molar-refractivity contribution in [2.24, 2.45) is 0 Å². The third-order valence-corrected chi connectivity index (χ3v) is 2.59. The summed E-state index contributed by atoms with van der Waals surface area (Å²) in [6.45, 7) is 5.57. The standard InChI is InChI=1S/C10H20N2O2/c1-3-12(2)7-6-11-9-5-4-8-14-10(9)13/h9,11H,3-8H2,1-2H3. The maximum Gasteiger partial charge on any atom is 0.323 e. The summed E-state index contributed by atoms with van der Waals surface area (Å²) in [5.74, 6) is -0.0876. The first kappa shape index (κ1) is 11.5. The molecule has 4 nitrogen and oxygen atoms in total. The largest absolute Gasteiger partial charge is 0.465 e. The van der Waals surface area contributed by atoms with Crippen LogP contribution >= 0.6 is 0 Å². The minimum atomic E-state index is -0.0876. The van der Waals surface area contributed by atoms with Gasteiger partial charge in [0.1, 0.15) is 6.04 Å². The van der Waals surface area contributed by atoms with Crippen LogP contribution in [0.4, 0.5) is 0 Å². The van der Waals surface area contributed by atoms with E-state index in [1.807, 2.05) is 0 Å². The summed E-state index contributed by atoms with van der Waals surface area (Å²) in [7, 11) is 2.07. The van der Waals surface area contributed by atoms with Crippen LogP contribution in [0, 0.1) is 0 Å². The molecular weight excluding hydrogens is 180 g/mol. The molecule has 1 aliphatic heterocycles. The van der Waals surface area contributed by atoms with Crippen LogP contribution in [0.3, 0.4) is 0 Å². The van der Waals surface area contributed by atoms with Gasteiger partial charge in [-0.25, -0.2) is 0 Å². The highest BCUT2D eigenvalue weighted by Crippen LogP contribution is 2.06. The second-order valence-electron chi connectivity index (χ2n) is 3.71. The summed E-state index contributed by atoms with van der Waals surface area (Å²) in [6, 6.07) is -0.0750. The van der Waals surface area contributed by atoms with E-state index < -0.39 is 0 Å². The molecule has 14 heavy (non-hydrogen) atoms. The summed E-state index contributed by atoms with van der Waals surface area (Å²) in [5, 5.41) is 3.22. The third-order valence-electron chi connectivity index (χ3n) is 2.59. The van der Waals surface area contributed by atoms with Crippen LogP contribution < -0.4 is 5.32 Å². The average Bonchev–Trinajstić information content (AvgIpc) is 2.20. The van der Waals surface area contributed by atoms with Crippen LogP contribution in [0.2, 0.25) is 0 Å². The van der Waals surface area contributed by atoms with Gasteiger partial charge in [0.15, 0.2) is 0 Å². The van der Waals surface area contributed by atoms with E-state index in [0.717, 1.165) is 32.5 Å². The lowest BCUT2D eigenvalue weighted by Crippen LogP contribution is -2.43. The molecule has 1 heterocycles. The van der Waals surface area contributed by atoms with Gasteiger partial charge in [-0.3, -0.25) is 4.79 Å². The Bertz CT molecular complexity index is 185. The summed E-state index contributed by atoms with van der Waals surface area (Å²) >= 11 is 0. The molecule has 1 saturated heterocycles. The molecule has 4 heteroatoms. The zero-order valence-corrected chi connectivity index (χ0v) is 9.08. The zero-order valence-electron chi connectivity index (χ0n) is 9.08. The summed E-state index contributed by atoms with van der Waals surface area (Å²) in [5.41, 5.74) is 0. The Balaban J connectivity index is 2.13. The Kier molecular flexibility index (Phi) is 4.90. The summed E-state index contributed by atoms with van der Waals surface area (Å²) in [6.07, 6.45) is 1.89. The van der Waals surface area contributed by atoms with E-state index in [-0.39, 0.29) is 12.0 Å². The number of ether oxygens (including phenoxy) is 1. The molecule has 1 aliphatic rings. The van der Waals surface area contributed by atoms with Crippen LogP contribution in [-0.2, 0) is 9.53 Å². The minimum absolute atomic E-state index is 0.0750. The van der Waals surface area contributed by atoms with Gasteiger partial charge < -0.3 is 15.0 Å². The number of likely N-dealkylation sites (N-methyl/N-ethyl adjacent to an activating group) is 1. The number of hydrogen-bond acceptors (Lipinski definition) is 4. The van der Waals surface area contributed by atoms with Crippen molar-refractivity contribution in [1.82, 2.24) is 10.2 Å². The van der Waals surface area contributed by atoms with Crippen LogP contribution in [0.15, 0.2) is 0 Å². The SMILES string of the molecule is CCN(C)CCNC1CCCOC1=O. The van der Waals surface area contributed by atoms with Crippen LogP contribution in [0.5, 0.6) is 0 Å². The molecule has 0 bridgehead atoms. The second kappa shape index (κ2) is 5.98. The molecule has 1 fully saturated rings. The number of esters is 1. The lowest BCUT2D eigenvalue weighted by Gasteiger charge is -2.23. The minimum Gasteiger partial charge on any atom is -0.465 e. The van der Waals surface area contributed by atoms with Gasteiger partial charge in [0.2, 0.25) is 0 Å². The highest BCUT2D eigenvalue weighted by Gasteiger charge is 2.22. The smallest absolute Gasteiger partial charge is 0.323 e. The quantitative estimate of drug-likeness (QED) is 0.645. The van der Waals surface area contributed by atoms with Crippen molar-refractivity contribution < 1.29 is 9.53 Å². The van der Waals surface area contributed by atoms with Crippen LogP contribution in [0.25, 0.3) is 0 Å². The highest BCUT2D eigenvalue weighted by atomic mass is 16.5. The van der Waals surface area contributed by atoms with E-state index in [0.29, 0.717) is 6.61 Å². The number of carbonyl (C=O) groups is 1. The lowest BCUT2D eigenvalue weighted by atomic mass is 10.1. The number of carbonyl (C=O) groups excluding carboxylic acids is 1. The molecular formula is C10H20N2O2. The number of nitrogens with zero attached hydrogens (tertiary/aromatic N) is 1. The molecule has 0 aliphatic carbocycles. The molecule has 1 unspecified atom stereocenters. The topological polar surface area (TPSA) is 41.6 Å². The predicted octanol–water partition coefficient (Wildman–Crippen LogP) is 0.233. The van der Waals surface area contributed by atoms with Crippen molar-refractivity contribution in [2.75, 3.05) is 33.3 Å². The molecule has 0 aromatic carbocycles. The fourth-order valence-electron chi connectivity index (χ4n) is 1.45. The molecule has 0 amide bonds. The average molecular weight is 200 g/mol. The Morgan fingerprint density at radius 2 is 2.43 bits per heavy atom. The van der Waals surface area contributed by atoms with Gasteiger partial charge in [0.25, 0.3) is 0 Å². The molecule has 0 spiro atoms. The fourth-order valence-corrected chi connectivity index (χ4v) is 1.45. The van der Waals surface area contributed by atoms with Crippen LogP contribution in [0.1, 0.15) is 19.8 Å². The van der Waals surface area contributed by atoms with E-state index >= 15 is 0 Å². The molecule has 82 valence electrons. The first-order valence-corrected chi connectivity index (χ1v) is 5.32. The van der Waals surface area contributed by atoms with Crippen molar-refractivity contribution in [3.05, 3.63) is 0 Å². The third kappa shape index (κ3) is 3.64. The highest BCUT2D eigenvalue weighted by molar-refractivity contribution is 5.76. The van der Waals surface area contributed by atoms with Crippen molar-refractivity contribution >= 4 is 5.97 Å². The molecule has 0 aromatic heterocycles. The molecule has 0 radical (unpaired) electrons. The molecule has 0 aromatic rings. The van der Waals surface area contributed by atoms with Gasteiger partial charge in [-0.05, 0) is 26.4 Å².